The van der Waals surface area contributed by atoms with E-state index in [2.05, 4.69) is 4.90 Å². The molecule has 1 saturated heterocycles. The molecule has 1 aliphatic heterocycles. The Kier molecular flexibility index (Phi) is 9.29. The van der Waals surface area contributed by atoms with Crippen LogP contribution in [0.2, 0.25) is 0 Å². The Bertz CT molecular complexity index is 1220. The van der Waals surface area contributed by atoms with Crippen LogP contribution in [0.25, 0.3) is 11.1 Å². The van der Waals surface area contributed by atoms with Gasteiger partial charge in [0.15, 0.2) is 14.6 Å². The van der Waals surface area contributed by atoms with Crippen molar-refractivity contribution in [1.82, 2.24) is 14.9 Å². The van der Waals surface area contributed by atoms with Crippen LogP contribution in [0.5, 0.6) is 5.75 Å². The van der Waals surface area contributed by atoms with Gasteiger partial charge in [-0.3, -0.25) is 19.7 Å². The number of aromatic nitrogens is 1. The lowest BCUT2D eigenvalue weighted by Gasteiger charge is -2.26. The van der Waals surface area contributed by atoms with Crippen LogP contribution in [0, 0.1) is 6.92 Å². The monoisotopic (exact) mass is 521 g/mol. The van der Waals surface area contributed by atoms with Crippen LogP contribution in [0.4, 0.5) is 0 Å². The smallest absolute Gasteiger partial charge is 0.264 e. The molecule has 1 aliphatic rings. The molecule has 1 aromatic carbocycles. The van der Waals surface area contributed by atoms with Crippen LogP contribution in [0.3, 0.4) is 0 Å². The third kappa shape index (κ3) is 6.73. The van der Waals surface area contributed by atoms with E-state index in [0.717, 1.165) is 68.0 Å². The second kappa shape index (κ2) is 12.0. The van der Waals surface area contributed by atoms with Gasteiger partial charge in [0.25, 0.3) is 11.5 Å². The van der Waals surface area contributed by atoms with Crippen LogP contribution in [-0.4, -0.2) is 79.5 Å². The van der Waals surface area contributed by atoms with Crippen molar-refractivity contribution >= 4 is 15.7 Å². The molecule has 3 rings (SSSR count). The van der Waals surface area contributed by atoms with Crippen molar-refractivity contribution in [3.63, 3.8) is 0 Å². The average molecular weight is 522 g/mol. The normalized spacial score (nSPS) is 16.3. The van der Waals surface area contributed by atoms with Gasteiger partial charge in [-0.15, -0.1) is 0 Å². The number of rotatable bonds is 11. The molecular formula is C25H35N3O7S. The molecule has 2 aromatic rings. The van der Waals surface area contributed by atoms with Crippen molar-refractivity contribution in [2.45, 2.75) is 38.0 Å². The van der Waals surface area contributed by atoms with Crippen LogP contribution in [-0.2, 0) is 25.9 Å². The van der Waals surface area contributed by atoms with Gasteiger partial charge < -0.3 is 14.0 Å². The zero-order chi connectivity index (χ0) is 26.3. The molecule has 0 spiro atoms. The zero-order valence-electron chi connectivity index (χ0n) is 21.0. The molecule has 11 heteroatoms. The van der Waals surface area contributed by atoms with Crippen molar-refractivity contribution in [3.05, 3.63) is 52.4 Å². The lowest BCUT2D eigenvalue weighted by atomic mass is 10.0. The van der Waals surface area contributed by atoms with Gasteiger partial charge in [-0.05, 0) is 61.6 Å². The van der Waals surface area contributed by atoms with Gasteiger partial charge >= 0.3 is 0 Å². The number of hydrogen-bond donors (Lipinski definition) is 2. The SMILES string of the molecule is Cc1cc(-c2ccn(CCC(C)(C(=O)NO)S(C)(=O)=O)c(=O)c2)ccc1OCCCN1CCOCC1. The number of morpholine rings is 1. The summed E-state index contributed by atoms with van der Waals surface area (Å²) in [4.78, 5) is 27.1. The fourth-order valence-corrected chi connectivity index (χ4v) is 4.92. The van der Waals surface area contributed by atoms with E-state index in [0.29, 0.717) is 6.61 Å². The summed E-state index contributed by atoms with van der Waals surface area (Å²) < 4.78 is 35.1. The maximum absolute atomic E-state index is 12.7. The number of amides is 1. The minimum absolute atomic E-state index is 0.00758. The first-order valence-corrected chi connectivity index (χ1v) is 13.8. The Balaban J connectivity index is 1.62. The standard InChI is InChI=1S/C25H35N3O7S/c1-19-17-20(5-6-22(19)35-14-4-9-27-12-15-34-16-13-27)21-7-10-28(23(29)18-21)11-8-25(2,24(30)26-31)36(3,32)33/h5-7,10,17-18,31H,4,8-9,11-16H2,1-3H3,(H,26,30). The molecule has 0 bridgehead atoms. The lowest BCUT2D eigenvalue weighted by Crippen LogP contribution is -2.49. The molecule has 1 unspecified atom stereocenters. The van der Waals surface area contributed by atoms with Gasteiger partial charge in [-0.25, -0.2) is 13.9 Å². The number of carbonyl (C=O) groups excluding carboxylic acids is 1. The highest BCUT2D eigenvalue weighted by Crippen LogP contribution is 2.26. The first-order valence-electron chi connectivity index (χ1n) is 11.9. The van der Waals surface area contributed by atoms with Crippen LogP contribution >= 0.6 is 0 Å². The minimum atomic E-state index is -3.84. The first-order chi connectivity index (χ1) is 17.0. The highest BCUT2D eigenvalue weighted by atomic mass is 32.2. The van der Waals surface area contributed by atoms with E-state index in [1.807, 2.05) is 25.1 Å². The summed E-state index contributed by atoms with van der Waals surface area (Å²) in [7, 11) is -3.84. The van der Waals surface area contributed by atoms with Crippen molar-refractivity contribution in [1.29, 1.82) is 0 Å². The molecule has 36 heavy (non-hydrogen) atoms. The van der Waals surface area contributed by atoms with Gasteiger partial charge in [0, 0.05) is 44.7 Å². The number of hydroxylamine groups is 1. The Labute approximate surface area is 211 Å². The molecular weight excluding hydrogens is 486 g/mol. The second-order valence-corrected chi connectivity index (χ2v) is 11.7. The molecule has 198 valence electrons. The highest BCUT2D eigenvalue weighted by molar-refractivity contribution is 7.92. The Morgan fingerprint density at radius 2 is 1.86 bits per heavy atom. The predicted molar refractivity (Wildman–Crippen MR) is 136 cm³/mol. The van der Waals surface area contributed by atoms with Gasteiger partial charge in [0.1, 0.15) is 5.75 Å². The lowest BCUT2D eigenvalue weighted by molar-refractivity contribution is -0.131. The number of benzene rings is 1. The van der Waals surface area contributed by atoms with Gasteiger partial charge in [-0.2, -0.15) is 0 Å². The number of ether oxygens (including phenoxy) is 2. The Hall–Kier alpha value is -2.73. The first kappa shape index (κ1) is 27.9. The third-order valence-electron chi connectivity index (χ3n) is 6.71. The number of pyridine rings is 1. The molecule has 2 heterocycles. The summed E-state index contributed by atoms with van der Waals surface area (Å²) in [6, 6.07) is 9.00. The largest absolute Gasteiger partial charge is 0.493 e. The minimum Gasteiger partial charge on any atom is -0.493 e. The fraction of sp³-hybridized carbons (Fsp3) is 0.520. The van der Waals surface area contributed by atoms with Crippen LogP contribution in [0.15, 0.2) is 41.3 Å². The van der Waals surface area contributed by atoms with E-state index < -0.39 is 20.5 Å². The van der Waals surface area contributed by atoms with Crippen molar-refractivity contribution in [2.24, 2.45) is 0 Å². The molecule has 1 amide bonds. The van der Waals surface area contributed by atoms with E-state index in [4.69, 9.17) is 14.7 Å². The van der Waals surface area contributed by atoms with E-state index >= 15 is 0 Å². The van der Waals surface area contributed by atoms with E-state index in [1.165, 1.54) is 23.0 Å². The van der Waals surface area contributed by atoms with Crippen LogP contribution < -0.4 is 15.8 Å². The number of hydrogen-bond acceptors (Lipinski definition) is 8. The molecule has 1 aromatic heterocycles. The predicted octanol–water partition coefficient (Wildman–Crippen LogP) is 1.62. The summed E-state index contributed by atoms with van der Waals surface area (Å²) in [6.07, 6.45) is 3.25. The number of aryl methyl sites for hydroxylation is 2. The number of nitrogens with zero attached hydrogens (tertiary/aromatic N) is 2. The Morgan fingerprint density at radius 1 is 1.17 bits per heavy atom. The zero-order valence-corrected chi connectivity index (χ0v) is 21.8. The highest BCUT2D eigenvalue weighted by Gasteiger charge is 2.43. The summed E-state index contributed by atoms with van der Waals surface area (Å²) in [6.45, 7) is 8.26. The molecule has 1 fully saturated rings. The summed E-state index contributed by atoms with van der Waals surface area (Å²) in [5.41, 5.74) is 3.63. The second-order valence-electron chi connectivity index (χ2n) is 9.28. The van der Waals surface area contributed by atoms with Gasteiger partial charge in [0.2, 0.25) is 0 Å². The van der Waals surface area contributed by atoms with Crippen molar-refractivity contribution < 1.29 is 27.9 Å². The van der Waals surface area contributed by atoms with Crippen LogP contribution in [0.1, 0.15) is 25.3 Å². The van der Waals surface area contributed by atoms with E-state index in [1.54, 1.807) is 12.3 Å². The summed E-state index contributed by atoms with van der Waals surface area (Å²) in [5, 5.41) is 8.96. The van der Waals surface area contributed by atoms with Gasteiger partial charge in [-0.1, -0.05) is 6.07 Å². The summed E-state index contributed by atoms with van der Waals surface area (Å²) >= 11 is 0. The molecule has 10 nitrogen and oxygen atoms in total. The quantitative estimate of drug-likeness (QED) is 0.260. The van der Waals surface area contributed by atoms with Crippen molar-refractivity contribution in [2.75, 3.05) is 45.7 Å². The average Bonchev–Trinajstić information content (AvgIpc) is 2.85. The maximum Gasteiger partial charge on any atom is 0.264 e. The van der Waals surface area contributed by atoms with E-state index in [9.17, 15) is 18.0 Å². The Morgan fingerprint density at radius 3 is 2.47 bits per heavy atom. The third-order valence-corrected chi connectivity index (χ3v) is 8.74. The summed E-state index contributed by atoms with van der Waals surface area (Å²) in [5.74, 6) is -0.232. The molecule has 0 radical (unpaired) electrons. The molecule has 2 N–H and O–H groups in total. The van der Waals surface area contributed by atoms with E-state index in [-0.39, 0.29) is 18.5 Å². The molecule has 0 aliphatic carbocycles. The fourth-order valence-electron chi connectivity index (χ4n) is 4.08. The molecule has 0 saturated carbocycles. The molecule has 1 atom stereocenters. The topological polar surface area (TPSA) is 127 Å². The number of sulfone groups is 1. The van der Waals surface area contributed by atoms with Crippen molar-refractivity contribution in [3.8, 4) is 16.9 Å². The number of nitrogens with one attached hydrogen (secondary N) is 1. The maximum atomic E-state index is 12.7. The number of carbonyl (C=O) groups is 1. The van der Waals surface area contributed by atoms with Gasteiger partial charge in [0.05, 0.1) is 19.8 Å².